The van der Waals surface area contributed by atoms with Crippen LogP contribution < -0.4 is 0 Å². The summed E-state index contributed by atoms with van der Waals surface area (Å²) in [6.45, 7) is 4.02. The lowest BCUT2D eigenvalue weighted by atomic mass is 9.82. The molecule has 5 heteroatoms. The summed E-state index contributed by atoms with van der Waals surface area (Å²) in [7, 11) is 1.77. The predicted molar refractivity (Wildman–Crippen MR) is 99.0 cm³/mol. The van der Waals surface area contributed by atoms with E-state index in [4.69, 9.17) is 9.26 Å². The number of piperidine rings is 1. The third-order valence-corrected chi connectivity index (χ3v) is 6.81. The first-order valence-corrected chi connectivity index (χ1v) is 10.4. The molecule has 1 saturated heterocycles. The van der Waals surface area contributed by atoms with Gasteiger partial charge in [-0.05, 0) is 57.3 Å². The first-order chi connectivity index (χ1) is 12.7. The van der Waals surface area contributed by atoms with Gasteiger partial charge in [-0.25, -0.2) is 0 Å². The molecule has 1 aliphatic heterocycles. The summed E-state index contributed by atoms with van der Waals surface area (Å²) in [5, 5.41) is 4.34. The van der Waals surface area contributed by atoms with Gasteiger partial charge in [-0.3, -0.25) is 4.79 Å². The highest BCUT2D eigenvalue weighted by Crippen LogP contribution is 2.37. The van der Waals surface area contributed by atoms with Gasteiger partial charge < -0.3 is 14.2 Å². The molecule has 3 atom stereocenters. The molecule has 5 nitrogen and oxygen atoms in total. The van der Waals surface area contributed by atoms with Crippen LogP contribution >= 0.6 is 0 Å². The Hall–Kier alpha value is -1.36. The molecule has 0 unspecified atom stereocenters. The highest BCUT2D eigenvalue weighted by molar-refractivity contribution is 5.79. The van der Waals surface area contributed by atoms with E-state index in [1.807, 2.05) is 0 Å². The van der Waals surface area contributed by atoms with Crippen molar-refractivity contribution in [2.75, 3.05) is 20.2 Å². The second-order valence-corrected chi connectivity index (χ2v) is 8.64. The largest absolute Gasteiger partial charge is 0.381 e. The van der Waals surface area contributed by atoms with Crippen molar-refractivity contribution < 1.29 is 14.1 Å². The summed E-state index contributed by atoms with van der Waals surface area (Å²) < 4.78 is 11.3. The normalized spacial score (nSPS) is 30.2. The van der Waals surface area contributed by atoms with Crippen molar-refractivity contribution >= 4 is 5.91 Å². The third kappa shape index (κ3) is 3.55. The van der Waals surface area contributed by atoms with Crippen LogP contribution in [0, 0.1) is 11.8 Å². The lowest BCUT2D eigenvalue weighted by Gasteiger charge is -2.36. The van der Waals surface area contributed by atoms with Crippen molar-refractivity contribution in [3.63, 3.8) is 0 Å². The molecule has 0 spiro atoms. The van der Waals surface area contributed by atoms with Crippen LogP contribution in [0.4, 0.5) is 0 Å². The Kier molecular flexibility index (Phi) is 5.35. The quantitative estimate of drug-likeness (QED) is 0.824. The van der Waals surface area contributed by atoms with E-state index < -0.39 is 0 Å². The van der Waals surface area contributed by atoms with E-state index in [-0.39, 0.29) is 12.0 Å². The molecule has 0 bridgehead atoms. The fourth-order valence-electron chi connectivity index (χ4n) is 5.13. The molecule has 1 aromatic heterocycles. The number of fused-ring (bicyclic) bond motifs is 1. The zero-order valence-electron chi connectivity index (χ0n) is 16.2. The highest BCUT2D eigenvalue weighted by Gasteiger charge is 2.35. The highest BCUT2D eigenvalue weighted by atomic mass is 16.5. The summed E-state index contributed by atoms with van der Waals surface area (Å²) in [5.41, 5.74) is 2.56. The average molecular weight is 360 g/mol. The van der Waals surface area contributed by atoms with Gasteiger partial charge in [0.1, 0.15) is 5.76 Å². The molecule has 1 saturated carbocycles. The number of hydrogen-bond donors (Lipinski definition) is 0. The molecule has 0 N–H and O–H groups in total. The zero-order chi connectivity index (χ0) is 18.1. The van der Waals surface area contributed by atoms with Gasteiger partial charge in [0.15, 0.2) is 0 Å². The summed E-state index contributed by atoms with van der Waals surface area (Å²) in [4.78, 5) is 15.0. The van der Waals surface area contributed by atoms with Crippen LogP contribution in [0.5, 0.6) is 0 Å². The van der Waals surface area contributed by atoms with Gasteiger partial charge in [0.2, 0.25) is 5.91 Å². The molecule has 2 aliphatic carbocycles. The molecule has 1 aromatic rings. The Morgan fingerprint density at radius 2 is 2.00 bits per heavy atom. The molecule has 3 aliphatic rings. The van der Waals surface area contributed by atoms with E-state index in [1.54, 1.807) is 7.11 Å². The van der Waals surface area contributed by atoms with Crippen molar-refractivity contribution in [1.29, 1.82) is 0 Å². The number of aryl methyl sites for hydroxylation is 1. The van der Waals surface area contributed by atoms with Gasteiger partial charge in [-0.1, -0.05) is 18.5 Å². The van der Waals surface area contributed by atoms with Crippen molar-refractivity contribution in [2.24, 2.45) is 11.8 Å². The molecule has 0 radical (unpaired) electrons. The number of rotatable bonds is 3. The third-order valence-electron chi connectivity index (χ3n) is 6.81. The Balaban J connectivity index is 1.36. The molecule has 4 rings (SSSR count). The minimum atomic E-state index is 0.157. The molecule has 1 amide bonds. The van der Waals surface area contributed by atoms with Gasteiger partial charge in [-0.2, -0.15) is 0 Å². The van der Waals surface area contributed by atoms with Gasteiger partial charge >= 0.3 is 0 Å². The number of aromatic nitrogens is 1. The lowest BCUT2D eigenvalue weighted by molar-refractivity contribution is -0.139. The molecular weight excluding hydrogens is 328 g/mol. The molecule has 26 heavy (non-hydrogen) atoms. The van der Waals surface area contributed by atoms with Gasteiger partial charge in [0.25, 0.3) is 0 Å². The fraction of sp³-hybridized carbons (Fsp3) is 0.810. The van der Waals surface area contributed by atoms with E-state index in [1.165, 1.54) is 17.7 Å². The minimum Gasteiger partial charge on any atom is -0.381 e. The maximum Gasteiger partial charge on any atom is 0.225 e. The summed E-state index contributed by atoms with van der Waals surface area (Å²) in [5.74, 6) is 2.78. The first kappa shape index (κ1) is 18.0. The topological polar surface area (TPSA) is 55.6 Å². The summed E-state index contributed by atoms with van der Waals surface area (Å²) >= 11 is 0. The molecule has 2 heterocycles. The van der Waals surface area contributed by atoms with Crippen molar-refractivity contribution in [3.05, 3.63) is 17.0 Å². The monoisotopic (exact) mass is 360 g/mol. The van der Waals surface area contributed by atoms with Gasteiger partial charge in [0, 0.05) is 37.6 Å². The van der Waals surface area contributed by atoms with Crippen LogP contribution in [-0.2, 0) is 22.4 Å². The Morgan fingerprint density at radius 1 is 1.19 bits per heavy atom. The number of nitrogens with zero attached hydrogens (tertiary/aromatic N) is 2. The number of ether oxygens (including phenoxy) is 1. The van der Waals surface area contributed by atoms with E-state index in [0.29, 0.717) is 11.8 Å². The van der Waals surface area contributed by atoms with Crippen LogP contribution in [0.25, 0.3) is 0 Å². The van der Waals surface area contributed by atoms with E-state index >= 15 is 0 Å². The van der Waals surface area contributed by atoms with E-state index in [2.05, 4.69) is 17.0 Å². The molecule has 0 aromatic carbocycles. The molecular formula is C21H32N2O3. The van der Waals surface area contributed by atoms with Crippen LogP contribution in [0.1, 0.15) is 74.8 Å². The van der Waals surface area contributed by atoms with E-state index in [0.717, 1.165) is 76.1 Å². The number of carbonyl (C=O) groups excluding carboxylic acids is 1. The van der Waals surface area contributed by atoms with Crippen LogP contribution in [0.15, 0.2) is 4.52 Å². The van der Waals surface area contributed by atoms with Gasteiger partial charge in [-0.15, -0.1) is 0 Å². The van der Waals surface area contributed by atoms with Crippen molar-refractivity contribution in [3.8, 4) is 0 Å². The standard InChI is InChI=1S/C21H32N2O3/c1-14-6-7-19-18(12-14)20(26-22-19)15-8-10-23(11-9-15)21(24)16-4-3-5-17(13-16)25-2/h14-17H,3-13H2,1-2H3/t14-,16+,17+/m0/s1. The molecule has 2 fully saturated rings. The first-order valence-electron chi connectivity index (χ1n) is 10.4. The Labute approximate surface area is 156 Å². The second kappa shape index (κ2) is 7.71. The second-order valence-electron chi connectivity index (χ2n) is 8.64. The number of likely N-dealkylation sites (tertiary alicyclic amines) is 1. The minimum absolute atomic E-state index is 0.157. The summed E-state index contributed by atoms with van der Waals surface area (Å²) in [6.07, 6.45) is 9.76. The van der Waals surface area contributed by atoms with Crippen LogP contribution in [0.2, 0.25) is 0 Å². The number of carbonyl (C=O) groups is 1. The van der Waals surface area contributed by atoms with Crippen molar-refractivity contribution in [2.45, 2.75) is 76.7 Å². The predicted octanol–water partition coefficient (Wildman–Crippen LogP) is 3.71. The molecule has 144 valence electrons. The average Bonchev–Trinajstić information content (AvgIpc) is 3.10. The van der Waals surface area contributed by atoms with Crippen molar-refractivity contribution in [1.82, 2.24) is 10.1 Å². The maximum absolute atomic E-state index is 12.9. The fourth-order valence-corrected chi connectivity index (χ4v) is 5.13. The zero-order valence-corrected chi connectivity index (χ0v) is 16.2. The summed E-state index contributed by atoms with van der Waals surface area (Å²) in [6, 6.07) is 0. The smallest absolute Gasteiger partial charge is 0.225 e. The number of hydrogen-bond acceptors (Lipinski definition) is 4. The van der Waals surface area contributed by atoms with Crippen LogP contribution in [-0.4, -0.2) is 42.3 Å². The SMILES string of the molecule is CO[C@@H]1CCC[C@@H](C(=O)N2CCC(c3onc4c3C[C@@H](C)CC4)CC2)C1. The lowest BCUT2D eigenvalue weighted by Crippen LogP contribution is -2.43. The number of amides is 1. The number of methoxy groups -OCH3 is 1. The Morgan fingerprint density at radius 3 is 2.77 bits per heavy atom. The van der Waals surface area contributed by atoms with Crippen LogP contribution in [0.3, 0.4) is 0 Å². The maximum atomic E-state index is 12.9. The Bertz CT molecular complexity index is 633. The van der Waals surface area contributed by atoms with E-state index in [9.17, 15) is 4.79 Å². The van der Waals surface area contributed by atoms with Gasteiger partial charge in [0.05, 0.1) is 11.8 Å².